The van der Waals surface area contributed by atoms with Crippen molar-refractivity contribution in [2.75, 3.05) is 18.4 Å². The van der Waals surface area contributed by atoms with Crippen molar-refractivity contribution in [2.45, 2.75) is 45.8 Å². The van der Waals surface area contributed by atoms with Crippen LogP contribution in [0.3, 0.4) is 0 Å². The van der Waals surface area contributed by atoms with Gasteiger partial charge in [0.25, 0.3) is 0 Å². The third-order valence-corrected chi connectivity index (χ3v) is 3.73. The first-order valence-electron chi connectivity index (χ1n) is 7.26. The van der Waals surface area contributed by atoms with Gasteiger partial charge in [-0.05, 0) is 45.7 Å². The lowest BCUT2D eigenvalue weighted by molar-refractivity contribution is 0.0293. The Kier molecular flexibility index (Phi) is 4.67. The first kappa shape index (κ1) is 16.0. The molecule has 1 aromatic carbocycles. The van der Waals surface area contributed by atoms with Crippen molar-refractivity contribution >= 4 is 23.4 Å². The maximum absolute atomic E-state index is 12.0. The topological polar surface area (TPSA) is 41.6 Å². The van der Waals surface area contributed by atoms with Crippen molar-refractivity contribution in [2.24, 2.45) is 0 Å². The summed E-state index contributed by atoms with van der Waals surface area (Å²) in [6.45, 7) is 9.00. The summed E-state index contributed by atoms with van der Waals surface area (Å²) >= 11 is 6.23. The second-order valence-electron chi connectivity index (χ2n) is 6.49. The lowest BCUT2D eigenvalue weighted by Crippen LogP contribution is -2.36. The molecule has 0 bridgehead atoms. The Hall–Kier alpha value is -1.42. The molecule has 21 heavy (non-hydrogen) atoms. The largest absolute Gasteiger partial charge is 0.444 e. The average Bonchev–Trinajstić information content (AvgIpc) is 2.80. The molecule has 1 aliphatic rings. The number of hydrogen-bond acceptors (Lipinski definition) is 3. The van der Waals surface area contributed by atoms with E-state index in [-0.39, 0.29) is 12.1 Å². The molecule has 0 spiro atoms. The van der Waals surface area contributed by atoms with Crippen LogP contribution in [0.25, 0.3) is 0 Å². The monoisotopic (exact) mass is 310 g/mol. The van der Waals surface area contributed by atoms with Crippen LogP contribution in [-0.2, 0) is 4.74 Å². The van der Waals surface area contributed by atoms with E-state index in [0.717, 1.165) is 17.7 Å². The maximum Gasteiger partial charge on any atom is 0.410 e. The van der Waals surface area contributed by atoms with Gasteiger partial charge in [0, 0.05) is 19.1 Å². The number of rotatable bonds is 2. The van der Waals surface area contributed by atoms with Gasteiger partial charge in [-0.1, -0.05) is 23.7 Å². The predicted molar refractivity (Wildman–Crippen MR) is 86.0 cm³/mol. The third kappa shape index (κ3) is 4.27. The van der Waals surface area contributed by atoms with Crippen molar-refractivity contribution in [1.82, 2.24) is 4.90 Å². The molecule has 5 heteroatoms. The highest BCUT2D eigenvalue weighted by Gasteiger charge is 2.30. The second-order valence-corrected chi connectivity index (χ2v) is 6.90. The quantitative estimate of drug-likeness (QED) is 0.895. The summed E-state index contributed by atoms with van der Waals surface area (Å²) in [4.78, 5) is 13.8. The molecule has 4 nitrogen and oxygen atoms in total. The van der Waals surface area contributed by atoms with Gasteiger partial charge in [0.2, 0.25) is 0 Å². The zero-order chi connectivity index (χ0) is 15.6. The van der Waals surface area contributed by atoms with Gasteiger partial charge in [-0.3, -0.25) is 0 Å². The highest BCUT2D eigenvalue weighted by atomic mass is 35.5. The lowest BCUT2D eigenvalue weighted by Gasteiger charge is -2.24. The number of ether oxygens (including phenoxy) is 1. The van der Waals surface area contributed by atoms with E-state index in [1.54, 1.807) is 4.90 Å². The van der Waals surface area contributed by atoms with Gasteiger partial charge in [0.1, 0.15) is 5.60 Å². The Balaban J connectivity index is 1.95. The number of para-hydroxylation sites is 1. The first-order chi connectivity index (χ1) is 9.76. The zero-order valence-electron chi connectivity index (χ0n) is 13.1. The normalized spacial score (nSPS) is 18.7. The van der Waals surface area contributed by atoms with Crippen LogP contribution >= 0.6 is 11.6 Å². The molecule has 1 aliphatic heterocycles. The molecule has 0 aromatic heterocycles. The minimum Gasteiger partial charge on any atom is -0.444 e. The number of nitrogens with zero attached hydrogens (tertiary/aromatic N) is 1. The number of halogens is 1. The number of amides is 1. The molecule has 1 N–H and O–H groups in total. The highest BCUT2D eigenvalue weighted by Crippen LogP contribution is 2.27. The molecule has 1 atom stereocenters. The molecular formula is C16H23ClN2O2. The molecule has 1 fully saturated rings. The van der Waals surface area contributed by atoms with Crippen molar-refractivity contribution in [3.63, 3.8) is 0 Å². The molecule has 1 saturated heterocycles. The summed E-state index contributed by atoms with van der Waals surface area (Å²) in [6, 6.07) is 6.03. The lowest BCUT2D eigenvalue weighted by atomic mass is 10.1. The Morgan fingerprint density at radius 3 is 2.76 bits per heavy atom. The van der Waals surface area contributed by atoms with Crippen LogP contribution < -0.4 is 5.32 Å². The third-order valence-electron chi connectivity index (χ3n) is 3.41. The summed E-state index contributed by atoms with van der Waals surface area (Å²) in [5.74, 6) is 0. The Morgan fingerprint density at radius 2 is 2.14 bits per heavy atom. The fourth-order valence-electron chi connectivity index (χ4n) is 2.39. The van der Waals surface area contributed by atoms with Crippen LogP contribution in [0, 0.1) is 6.92 Å². The van der Waals surface area contributed by atoms with E-state index in [4.69, 9.17) is 16.3 Å². The number of aryl methyl sites for hydroxylation is 1. The Morgan fingerprint density at radius 1 is 1.43 bits per heavy atom. The molecule has 2 rings (SSSR count). The summed E-state index contributed by atoms with van der Waals surface area (Å²) in [5, 5.41) is 4.16. The van der Waals surface area contributed by atoms with Gasteiger partial charge in [0.15, 0.2) is 0 Å². The molecule has 0 radical (unpaired) electrons. The van der Waals surface area contributed by atoms with Gasteiger partial charge in [-0.25, -0.2) is 4.79 Å². The second kappa shape index (κ2) is 6.14. The molecule has 1 aromatic rings. The average molecular weight is 311 g/mol. The van der Waals surface area contributed by atoms with Gasteiger partial charge in [0.05, 0.1) is 10.7 Å². The minimum atomic E-state index is -0.456. The fourth-order valence-corrected chi connectivity index (χ4v) is 2.67. The van der Waals surface area contributed by atoms with Crippen LogP contribution in [0.1, 0.15) is 32.8 Å². The predicted octanol–water partition coefficient (Wildman–Crippen LogP) is 4.07. The summed E-state index contributed by atoms with van der Waals surface area (Å²) in [6.07, 6.45) is 0.645. The number of carbonyl (C=O) groups excluding carboxylic acids is 1. The standard InChI is InChI=1S/C16H23ClN2O2/c1-11-6-5-7-13(17)14(11)18-12-8-9-19(10-12)15(20)21-16(2,3)4/h5-7,12,18H,8-10H2,1-4H3. The van der Waals surface area contributed by atoms with Crippen LogP contribution in [0.5, 0.6) is 0 Å². The van der Waals surface area contributed by atoms with Crippen LogP contribution in [0.2, 0.25) is 5.02 Å². The number of benzene rings is 1. The van der Waals surface area contributed by atoms with E-state index in [0.29, 0.717) is 18.1 Å². The van der Waals surface area contributed by atoms with E-state index < -0.39 is 5.60 Å². The molecule has 1 unspecified atom stereocenters. The van der Waals surface area contributed by atoms with Crippen LogP contribution in [0.15, 0.2) is 18.2 Å². The SMILES string of the molecule is Cc1cccc(Cl)c1NC1CCN(C(=O)OC(C)(C)C)C1. The summed E-state index contributed by atoms with van der Waals surface area (Å²) in [5.41, 5.74) is 1.61. The Labute approximate surface area is 131 Å². The van der Waals surface area contributed by atoms with Gasteiger partial charge >= 0.3 is 6.09 Å². The van der Waals surface area contributed by atoms with E-state index >= 15 is 0 Å². The van der Waals surface area contributed by atoms with E-state index in [2.05, 4.69) is 5.32 Å². The molecular weight excluding hydrogens is 288 g/mol. The molecule has 116 valence electrons. The maximum atomic E-state index is 12.0. The number of hydrogen-bond donors (Lipinski definition) is 1. The van der Waals surface area contributed by atoms with Crippen LogP contribution in [-0.4, -0.2) is 35.7 Å². The summed E-state index contributed by atoms with van der Waals surface area (Å²) < 4.78 is 5.40. The van der Waals surface area contributed by atoms with Gasteiger partial charge < -0.3 is 15.0 Å². The summed E-state index contributed by atoms with van der Waals surface area (Å²) in [7, 11) is 0. The molecule has 0 saturated carbocycles. The van der Waals surface area contributed by atoms with Crippen molar-refractivity contribution < 1.29 is 9.53 Å². The van der Waals surface area contributed by atoms with Gasteiger partial charge in [-0.2, -0.15) is 0 Å². The van der Waals surface area contributed by atoms with Gasteiger partial charge in [-0.15, -0.1) is 0 Å². The highest BCUT2D eigenvalue weighted by molar-refractivity contribution is 6.33. The molecule has 1 amide bonds. The number of carbonyl (C=O) groups is 1. The Bertz CT molecular complexity index is 505. The van der Waals surface area contributed by atoms with Crippen molar-refractivity contribution in [1.29, 1.82) is 0 Å². The van der Waals surface area contributed by atoms with E-state index in [1.807, 2.05) is 45.9 Å². The molecule has 1 heterocycles. The fraction of sp³-hybridized carbons (Fsp3) is 0.562. The van der Waals surface area contributed by atoms with Crippen molar-refractivity contribution in [3.8, 4) is 0 Å². The zero-order valence-corrected chi connectivity index (χ0v) is 13.8. The first-order valence-corrected chi connectivity index (χ1v) is 7.63. The van der Waals surface area contributed by atoms with Crippen LogP contribution in [0.4, 0.5) is 10.5 Å². The number of likely N-dealkylation sites (tertiary alicyclic amines) is 1. The minimum absolute atomic E-state index is 0.205. The molecule has 0 aliphatic carbocycles. The van der Waals surface area contributed by atoms with E-state index in [9.17, 15) is 4.79 Å². The number of anilines is 1. The smallest absolute Gasteiger partial charge is 0.410 e. The van der Waals surface area contributed by atoms with Crippen molar-refractivity contribution in [3.05, 3.63) is 28.8 Å². The van der Waals surface area contributed by atoms with E-state index in [1.165, 1.54) is 0 Å². The number of nitrogens with one attached hydrogen (secondary N) is 1.